The fraction of sp³-hybridized carbons (Fsp3) is 0.581. The van der Waals surface area contributed by atoms with Crippen LogP contribution in [0.3, 0.4) is 0 Å². The lowest BCUT2D eigenvalue weighted by molar-refractivity contribution is -0.513. The van der Waals surface area contributed by atoms with Crippen LogP contribution in [0.4, 0.5) is 10.1 Å². The topological polar surface area (TPSA) is 150 Å². The number of hydrogen-bond donors (Lipinski definition) is 4. The van der Waals surface area contributed by atoms with Gasteiger partial charge in [0.15, 0.2) is 11.3 Å². The van der Waals surface area contributed by atoms with Crippen molar-refractivity contribution in [3.05, 3.63) is 47.2 Å². The highest BCUT2D eigenvalue weighted by Crippen LogP contribution is 2.70. The van der Waals surface area contributed by atoms with Crippen molar-refractivity contribution in [1.82, 2.24) is 4.98 Å². The van der Waals surface area contributed by atoms with Crippen LogP contribution in [0.2, 0.25) is 0 Å². The van der Waals surface area contributed by atoms with E-state index in [1.165, 1.54) is 31.2 Å². The van der Waals surface area contributed by atoms with Crippen LogP contribution in [0.5, 0.6) is 0 Å². The van der Waals surface area contributed by atoms with Crippen molar-refractivity contribution in [3.63, 3.8) is 0 Å². The molecule has 42 heavy (non-hydrogen) atoms. The molecule has 0 saturated heterocycles. The summed E-state index contributed by atoms with van der Waals surface area (Å²) in [5.74, 6) is -1.51. The normalized spacial score (nSPS) is 37.2. The van der Waals surface area contributed by atoms with Gasteiger partial charge in [0, 0.05) is 36.3 Å². The van der Waals surface area contributed by atoms with Gasteiger partial charge in [0.05, 0.1) is 17.8 Å². The summed E-state index contributed by atoms with van der Waals surface area (Å²) < 4.78 is 24.5. The van der Waals surface area contributed by atoms with E-state index in [1.807, 2.05) is 19.2 Å². The van der Waals surface area contributed by atoms with Crippen molar-refractivity contribution in [2.75, 3.05) is 13.7 Å². The van der Waals surface area contributed by atoms with E-state index in [0.29, 0.717) is 12.8 Å². The van der Waals surface area contributed by atoms with Crippen molar-refractivity contribution in [3.8, 4) is 0 Å². The van der Waals surface area contributed by atoms with Crippen LogP contribution in [0, 0.1) is 51.3 Å². The quantitative estimate of drug-likeness (QED) is 0.153. The summed E-state index contributed by atoms with van der Waals surface area (Å²) in [4.78, 5) is 30.4. The van der Waals surface area contributed by atoms with Crippen LogP contribution in [-0.4, -0.2) is 58.4 Å². The smallest absolute Gasteiger partial charge is 0.333 e. The van der Waals surface area contributed by atoms with Gasteiger partial charge in [0.1, 0.15) is 12.3 Å². The molecule has 0 aliphatic heterocycles. The second-order valence-electron chi connectivity index (χ2n) is 12.8. The predicted molar refractivity (Wildman–Crippen MR) is 157 cm³/mol. The average Bonchev–Trinajstić information content (AvgIpc) is 3.16. The Morgan fingerprint density at radius 3 is 2.71 bits per heavy atom. The summed E-state index contributed by atoms with van der Waals surface area (Å²) in [6, 6.07) is 2.98. The van der Waals surface area contributed by atoms with Crippen molar-refractivity contribution in [1.29, 1.82) is 10.8 Å². The molecule has 9 nitrogen and oxygen atoms in total. The third-order valence-corrected chi connectivity index (χ3v) is 11.4. The lowest BCUT2D eigenvalue weighted by Crippen LogP contribution is -2.76. The van der Waals surface area contributed by atoms with Gasteiger partial charge in [-0.2, -0.15) is 4.39 Å². The third-order valence-electron chi connectivity index (χ3n) is 10.7. The number of carbonyl (C=O) groups is 2. The predicted octanol–water partition coefficient (Wildman–Crippen LogP) is 3.90. The Morgan fingerprint density at radius 1 is 1.31 bits per heavy atom. The monoisotopic (exact) mass is 599 g/mol. The van der Waals surface area contributed by atoms with Gasteiger partial charge < -0.3 is 25.4 Å². The Morgan fingerprint density at radius 2 is 2.07 bits per heavy atom. The van der Waals surface area contributed by atoms with Gasteiger partial charge >= 0.3 is 5.97 Å². The number of ether oxygens (including phenoxy) is 2. The molecule has 3 saturated carbocycles. The first-order valence-electron chi connectivity index (χ1n) is 14.4. The molecule has 0 radical (unpaired) electrons. The summed E-state index contributed by atoms with van der Waals surface area (Å²) in [5.41, 5.74) is 1.96. The van der Waals surface area contributed by atoms with Crippen LogP contribution in [0.1, 0.15) is 52.9 Å². The van der Waals surface area contributed by atoms with E-state index >= 15 is 0 Å². The number of esters is 1. The highest BCUT2D eigenvalue weighted by atomic mass is 32.2. The minimum absolute atomic E-state index is 0.00978. The maximum atomic E-state index is 13.8. The highest BCUT2D eigenvalue weighted by Gasteiger charge is 2.73. The molecule has 0 amide bonds. The molecule has 2 unspecified atom stereocenters. The van der Waals surface area contributed by atoms with E-state index in [2.05, 4.69) is 18.0 Å². The van der Waals surface area contributed by atoms with Gasteiger partial charge in [-0.3, -0.25) is 10.1 Å². The number of aliphatic hydroxyl groups excluding tert-OH is 1. The lowest BCUT2D eigenvalue weighted by Gasteiger charge is -2.60. The Balaban J connectivity index is 1.50. The molecule has 4 aliphatic carbocycles. The van der Waals surface area contributed by atoms with Gasteiger partial charge in [-0.25, -0.2) is 9.78 Å². The maximum Gasteiger partial charge on any atom is 0.333 e. The number of halogens is 1. The summed E-state index contributed by atoms with van der Waals surface area (Å²) in [7, 11) is 1.40. The Hall–Kier alpha value is -2.73. The molecule has 11 heteroatoms. The van der Waals surface area contributed by atoms with E-state index in [0.717, 1.165) is 47.1 Å². The number of hydrogen-bond acceptors (Lipinski definition) is 9. The fourth-order valence-corrected chi connectivity index (χ4v) is 9.88. The Bertz CT molecular complexity index is 1350. The minimum atomic E-state index is -1.49. The van der Waals surface area contributed by atoms with Crippen LogP contribution in [0.15, 0.2) is 41.2 Å². The van der Waals surface area contributed by atoms with E-state index in [1.54, 1.807) is 6.07 Å². The minimum Gasteiger partial charge on any atom is -0.447 e. The molecule has 4 aliphatic rings. The number of aliphatic hydroxyl groups is 1. The zero-order valence-corrected chi connectivity index (χ0v) is 25.3. The molecule has 0 spiro atoms. The molecule has 1 aromatic rings. The zero-order chi connectivity index (χ0) is 30.4. The molecular weight excluding hydrogens is 559 g/mol. The number of nitrogens with two attached hydrogens (primary N) is 1. The molecular formula is C31H40FN4O5S+. The number of nitrogens with zero attached hydrogens (tertiary/aromatic N) is 1. The first kappa shape index (κ1) is 30.7. The van der Waals surface area contributed by atoms with Crippen LogP contribution >= 0.6 is 11.8 Å². The van der Waals surface area contributed by atoms with E-state index in [-0.39, 0.29) is 41.8 Å². The molecule has 5 N–H and O–H groups in total. The summed E-state index contributed by atoms with van der Waals surface area (Å²) >= 11 is 0.733. The van der Waals surface area contributed by atoms with E-state index < -0.39 is 34.5 Å². The molecule has 1 aromatic heterocycles. The molecule has 5 rings (SSSR count). The first-order valence-corrected chi connectivity index (χ1v) is 15.3. The highest BCUT2D eigenvalue weighted by molar-refractivity contribution is 8.24. The SMILES string of the molecule is COCC(=O)O[C@]1(C(=O)SC=N)[C@H](C)CC2[C@@H]3CCC4=CC([NH2+]c5ccc(F)nc5)=C(C=N)C[C@]4(C)C3[C@@H](O)C[C@@]21C. The van der Waals surface area contributed by atoms with Gasteiger partial charge in [-0.1, -0.05) is 26.3 Å². The second kappa shape index (κ2) is 11.4. The summed E-state index contributed by atoms with van der Waals surface area (Å²) in [6.07, 6.45) is 7.34. The van der Waals surface area contributed by atoms with Gasteiger partial charge in [0.25, 0.3) is 0 Å². The standard InChI is InChI=1S/C31H39FN4O5S/c1-17-9-22-21-7-5-19-10-23(36-20-6-8-25(32)35-14-20)18(13-33)11-29(19,2)27(21)24(37)12-30(22,3)31(17,28(39)42-16-34)41-26(38)15-40-4/h6,8,10,13-14,16-17,21-22,24,27,33-34,36-37H,5,7,9,11-12,15H2,1-4H3/p+1/t17-,21+,22?,24+,27?,29+,30+,31+/m1/s1. The fourth-order valence-electron chi connectivity index (χ4n) is 9.12. The first-order chi connectivity index (χ1) is 19.9. The number of carbonyl (C=O) groups excluding carboxylic acids is 2. The van der Waals surface area contributed by atoms with Crippen molar-refractivity contribution >= 4 is 40.3 Å². The number of quaternary nitrogens is 1. The van der Waals surface area contributed by atoms with Gasteiger partial charge in [-0.05, 0) is 79.2 Å². The number of pyridine rings is 1. The third kappa shape index (κ3) is 4.69. The molecule has 1 heterocycles. The van der Waals surface area contributed by atoms with Gasteiger partial charge in [-0.15, -0.1) is 0 Å². The largest absolute Gasteiger partial charge is 0.447 e. The van der Waals surface area contributed by atoms with Gasteiger partial charge in [0.2, 0.25) is 11.1 Å². The number of methoxy groups -OCH3 is 1. The number of fused-ring (bicyclic) bond motifs is 5. The molecule has 8 atom stereocenters. The number of thioether (sulfide) groups is 1. The summed E-state index contributed by atoms with van der Waals surface area (Å²) in [6.45, 7) is 5.81. The van der Waals surface area contributed by atoms with Crippen molar-refractivity contribution < 1.29 is 33.9 Å². The number of rotatable bonds is 8. The molecule has 3 fully saturated rings. The Labute approximate surface area is 249 Å². The average molecular weight is 600 g/mol. The van der Waals surface area contributed by atoms with E-state index in [4.69, 9.17) is 20.3 Å². The van der Waals surface area contributed by atoms with Crippen LogP contribution in [0.25, 0.3) is 0 Å². The van der Waals surface area contributed by atoms with Crippen LogP contribution < -0.4 is 5.32 Å². The lowest BCUT2D eigenvalue weighted by atomic mass is 9.45. The maximum absolute atomic E-state index is 13.8. The summed E-state index contributed by atoms with van der Waals surface area (Å²) in [5, 5.41) is 29.4. The van der Waals surface area contributed by atoms with E-state index in [9.17, 15) is 19.1 Å². The van der Waals surface area contributed by atoms with Crippen molar-refractivity contribution in [2.45, 2.75) is 64.6 Å². The number of aromatic nitrogens is 1. The van der Waals surface area contributed by atoms with Crippen LogP contribution in [-0.2, 0) is 19.1 Å². The Kier molecular flexibility index (Phi) is 8.34. The second-order valence-corrected chi connectivity index (χ2v) is 13.6. The zero-order valence-electron chi connectivity index (χ0n) is 24.5. The number of allylic oxidation sites excluding steroid dienone is 3. The molecule has 0 aromatic carbocycles. The van der Waals surface area contributed by atoms with Crippen molar-refractivity contribution in [2.24, 2.45) is 34.5 Å². The number of nitrogens with one attached hydrogen (secondary N) is 2. The molecule has 0 bridgehead atoms. The molecule has 226 valence electrons.